The van der Waals surface area contributed by atoms with Crippen molar-refractivity contribution < 1.29 is 14.9 Å². The van der Waals surface area contributed by atoms with Crippen LogP contribution in [0.2, 0.25) is 0 Å². The highest BCUT2D eigenvalue weighted by Gasteiger charge is 2.21. The molecular formula is C13H18O3. The van der Waals surface area contributed by atoms with Gasteiger partial charge >= 0.3 is 0 Å². The van der Waals surface area contributed by atoms with E-state index in [1.165, 1.54) is 12.5 Å². The third kappa shape index (κ3) is 5.34. The van der Waals surface area contributed by atoms with Crippen molar-refractivity contribution in [2.45, 2.75) is 19.1 Å². The van der Waals surface area contributed by atoms with E-state index in [1.807, 2.05) is 6.07 Å². The van der Waals surface area contributed by atoms with Crippen molar-refractivity contribution >= 4 is 0 Å². The molecule has 0 heterocycles. The molecule has 0 radical (unpaired) electrons. The van der Waals surface area contributed by atoms with Crippen molar-refractivity contribution in [3.63, 3.8) is 0 Å². The fourth-order valence-electron chi connectivity index (χ4n) is 0.977. The van der Waals surface area contributed by atoms with Gasteiger partial charge in [0.2, 0.25) is 0 Å². The van der Waals surface area contributed by atoms with E-state index in [1.54, 1.807) is 31.2 Å². The fourth-order valence-corrected chi connectivity index (χ4v) is 0.977. The molecule has 0 unspecified atom stereocenters. The van der Waals surface area contributed by atoms with E-state index in [9.17, 15) is 10.2 Å². The molecule has 0 atom stereocenters. The lowest BCUT2D eigenvalue weighted by Gasteiger charge is -2.19. The Morgan fingerprint density at radius 2 is 1.69 bits per heavy atom. The van der Waals surface area contributed by atoms with Gasteiger partial charge in [-0.25, -0.2) is 0 Å². The van der Waals surface area contributed by atoms with E-state index in [4.69, 9.17) is 0 Å². The minimum Gasteiger partial charge on any atom is -0.474 e. The molecule has 0 amide bonds. The van der Waals surface area contributed by atoms with Crippen molar-refractivity contribution in [1.82, 2.24) is 0 Å². The lowest BCUT2D eigenvalue weighted by molar-refractivity contribution is -0.171. The maximum Gasteiger partial charge on any atom is 0.189 e. The Morgan fingerprint density at radius 1 is 1.19 bits per heavy atom. The van der Waals surface area contributed by atoms with E-state index < -0.39 is 5.79 Å². The van der Waals surface area contributed by atoms with E-state index in [-0.39, 0.29) is 0 Å². The molecule has 0 aromatic heterocycles. The smallest absolute Gasteiger partial charge is 0.189 e. The molecule has 1 aromatic carbocycles. The standard InChI is InChI=1S/C9H12O2.C4H6O/c1-2-9(10,11)8-6-4-3-5-7-8;1-3-5-4-2/h3-7,10-11H,2H2,1H3;3-4H,1-2H2. The van der Waals surface area contributed by atoms with Gasteiger partial charge in [0.25, 0.3) is 0 Å². The van der Waals surface area contributed by atoms with Crippen LogP contribution in [0.15, 0.2) is 56.0 Å². The topological polar surface area (TPSA) is 49.7 Å². The maximum atomic E-state index is 9.35. The van der Waals surface area contributed by atoms with Crippen LogP contribution in [0.5, 0.6) is 0 Å². The second-order valence-electron chi connectivity index (χ2n) is 3.01. The van der Waals surface area contributed by atoms with Crippen LogP contribution in [0.25, 0.3) is 0 Å². The minimum absolute atomic E-state index is 0.303. The third-order valence-corrected chi connectivity index (χ3v) is 1.92. The lowest BCUT2D eigenvalue weighted by Crippen LogP contribution is -2.23. The quantitative estimate of drug-likeness (QED) is 0.608. The summed E-state index contributed by atoms with van der Waals surface area (Å²) in [5, 5.41) is 18.7. The second kappa shape index (κ2) is 7.68. The Balaban J connectivity index is 0.000000385. The zero-order valence-electron chi connectivity index (χ0n) is 9.47. The molecule has 0 bridgehead atoms. The fraction of sp³-hybridized carbons (Fsp3) is 0.231. The molecule has 1 aromatic rings. The van der Waals surface area contributed by atoms with Crippen molar-refractivity contribution in [3.05, 3.63) is 61.6 Å². The van der Waals surface area contributed by atoms with Crippen molar-refractivity contribution in [1.29, 1.82) is 0 Å². The number of rotatable bonds is 4. The van der Waals surface area contributed by atoms with Crippen LogP contribution in [0.1, 0.15) is 18.9 Å². The van der Waals surface area contributed by atoms with Gasteiger partial charge in [0.1, 0.15) is 0 Å². The Bertz CT molecular complexity index is 298. The summed E-state index contributed by atoms with van der Waals surface area (Å²) in [7, 11) is 0. The number of benzene rings is 1. The first-order chi connectivity index (χ1) is 7.58. The number of hydrogen-bond acceptors (Lipinski definition) is 3. The van der Waals surface area contributed by atoms with Crippen LogP contribution < -0.4 is 0 Å². The first-order valence-corrected chi connectivity index (χ1v) is 4.96. The predicted molar refractivity (Wildman–Crippen MR) is 64.3 cm³/mol. The number of ether oxygens (including phenoxy) is 1. The van der Waals surface area contributed by atoms with Gasteiger partial charge in [0, 0.05) is 12.0 Å². The summed E-state index contributed by atoms with van der Waals surface area (Å²) < 4.78 is 4.36. The number of aliphatic hydroxyl groups is 2. The Morgan fingerprint density at radius 3 is 2.00 bits per heavy atom. The molecule has 3 nitrogen and oxygen atoms in total. The summed E-state index contributed by atoms with van der Waals surface area (Å²) in [5.74, 6) is -1.67. The summed E-state index contributed by atoms with van der Waals surface area (Å²) in [4.78, 5) is 0. The van der Waals surface area contributed by atoms with E-state index in [2.05, 4.69) is 17.9 Å². The molecule has 0 fully saturated rings. The van der Waals surface area contributed by atoms with Gasteiger partial charge in [-0.05, 0) is 0 Å². The van der Waals surface area contributed by atoms with Crippen LogP contribution in [0.4, 0.5) is 0 Å². The largest absolute Gasteiger partial charge is 0.474 e. The Hall–Kier alpha value is -1.58. The van der Waals surface area contributed by atoms with Gasteiger partial charge in [-0.3, -0.25) is 0 Å². The molecule has 0 aliphatic rings. The van der Waals surface area contributed by atoms with Crippen LogP contribution >= 0.6 is 0 Å². The van der Waals surface area contributed by atoms with Crippen LogP contribution in [-0.2, 0) is 10.5 Å². The van der Waals surface area contributed by atoms with Crippen molar-refractivity contribution in [2.24, 2.45) is 0 Å². The summed E-state index contributed by atoms with van der Waals surface area (Å²) >= 11 is 0. The molecular weight excluding hydrogens is 204 g/mol. The van der Waals surface area contributed by atoms with Gasteiger partial charge < -0.3 is 14.9 Å². The Labute approximate surface area is 96.3 Å². The maximum absolute atomic E-state index is 9.35. The first-order valence-electron chi connectivity index (χ1n) is 4.96. The van der Waals surface area contributed by atoms with Gasteiger partial charge in [0.15, 0.2) is 5.79 Å². The molecule has 0 aliphatic heterocycles. The summed E-state index contributed by atoms with van der Waals surface area (Å²) in [6, 6.07) is 8.81. The predicted octanol–water partition coefficient (Wildman–Crippen LogP) is 2.52. The van der Waals surface area contributed by atoms with Gasteiger partial charge in [-0.15, -0.1) is 0 Å². The summed E-state index contributed by atoms with van der Waals surface area (Å²) in [6.45, 7) is 8.24. The summed E-state index contributed by atoms with van der Waals surface area (Å²) in [5.41, 5.74) is 0.544. The Kier molecular flexibility index (Phi) is 6.92. The lowest BCUT2D eigenvalue weighted by atomic mass is 10.0. The highest BCUT2D eigenvalue weighted by molar-refractivity contribution is 5.19. The van der Waals surface area contributed by atoms with Crippen LogP contribution in [-0.4, -0.2) is 10.2 Å². The number of hydrogen-bond donors (Lipinski definition) is 2. The summed E-state index contributed by atoms with van der Waals surface area (Å²) in [6.07, 6.45) is 2.93. The molecule has 2 N–H and O–H groups in total. The zero-order chi connectivity index (χ0) is 12.4. The first kappa shape index (κ1) is 14.4. The van der Waals surface area contributed by atoms with Crippen molar-refractivity contribution in [2.75, 3.05) is 0 Å². The van der Waals surface area contributed by atoms with Gasteiger partial charge in [-0.2, -0.15) is 0 Å². The van der Waals surface area contributed by atoms with Gasteiger partial charge in [0.05, 0.1) is 12.5 Å². The van der Waals surface area contributed by atoms with Crippen LogP contribution in [0.3, 0.4) is 0 Å². The van der Waals surface area contributed by atoms with Crippen molar-refractivity contribution in [3.8, 4) is 0 Å². The molecule has 88 valence electrons. The highest BCUT2D eigenvalue weighted by Crippen LogP contribution is 2.20. The minimum atomic E-state index is -1.67. The molecule has 3 heteroatoms. The molecule has 1 rings (SSSR count). The highest BCUT2D eigenvalue weighted by atomic mass is 16.5. The van der Waals surface area contributed by atoms with E-state index in [0.29, 0.717) is 12.0 Å². The van der Waals surface area contributed by atoms with Gasteiger partial charge in [-0.1, -0.05) is 50.4 Å². The average Bonchev–Trinajstić information content (AvgIpc) is 2.32. The monoisotopic (exact) mass is 222 g/mol. The average molecular weight is 222 g/mol. The normalized spacial score (nSPS) is 9.69. The molecule has 0 spiro atoms. The zero-order valence-corrected chi connectivity index (χ0v) is 9.47. The molecule has 0 saturated carbocycles. The molecule has 0 aliphatic carbocycles. The van der Waals surface area contributed by atoms with Crippen LogP contribution in [0, 0.1) is 0 Å². The van der Waals surface area contributed by atoms with E-state index in [0.717, 1.165) is 0 Å². The SMILES string of the molecule is C=COC=C.CCC(O)(O)c1ccccc1. The third-order valence-electron chi connectivity index (χ3n) is 1.92. The van der Waals surface area contributed by atoms with E-state index >= 15 is 0 Å². The second-order valence-corrected chi connectivity index (χ2v) is 3.01. The molecule has 16 heavy (non-hydrogen) atoms. The molecule has 0 saturated heterocycles.